The third-order valence-electron chi connectivity index (χ3n) is 7.86. The molecule has 2 aromatic rings. The molecule has 218 valence electrons. The average Bonchev–Trinajstić information content (AvgIpc) is 2.96. The molecule has 0 saturated heterocycles. The van der Waals surface area contributed by atoms with Crippen molar-refractivity contribution in [3.05, 3.63) is 65.7 Å². The molecule has 0 bridgehead atoms. The fourth-order valence-corrected chi connectivity index (χ4v) is 5.52. The Bertz CT molecular complexity index is 1080. The molecule has 1 aliphatic carbocycles. The molecule has 0 aliphatic heterocycles. The predicted molar refractivity (Wildman–Crippen MR) is 162 cm³/mol. The second kappa shape index (κ2) is 16.9. The van der Waals surface area contributed by atoms with Crippen molar-refractivity contribution in [3.63, 3.8) is 0 Å². The van der Waals surface area contributed by atoms with Gasteiger partial charge in [-0.25, -0.2) is 4.79 Å². The zero-order valence-corrected chi connectivity index (χ0v) is 24.8. The van der Waals surface area contributed by atoms with Gasteiger partial charge in [-0.15, -0.1) is 0 Å². The minimum Gasteiger partial charge on any atom is -0.493 e. The molecule has 3 rings (SSSR count). The van der Waals surface area contributed by atoms with E-state index in [-0.39, 0.29) is 11.9 Å². The third kappa shape index (κ3) is 10.5. The zero-order chi connectivity index (χ0) is 28.7. The first-order valence-electron chi connectivity index (χ1n) is 15.2. The number of carbonyl (C=O) groups is 2. The van der Waals surface area contributed by atoms with Crippen molar-refractivity contribution >= 4 is 11.9 Å². The minimum atomic E-state index is -0.360. The third-order valence-corrected chi connectivity index (χ3v) is 7.86. The maximum atomic E-state index is 11.7. The van der Waals surface area contributed by atoms with E-state index < -0.39 is 0 Å². The Labute approximate surface area is 241 Å². The van der Waals surface area contributed by atoms with E-state index in [1.165, 1.54) is 69.4 Å². The van der Waals surface area contributed by atoms with Gasteiger partial charge in [0.2, 0.25) is 0 Å². The van der Waals surface area contributed by atoms with Crippen LogP contribution in [0.5, 0.6) is 5.75 Å². The van der Waals surface area contributed by atoms with Gasteiger partial charge >= 0.3 is 11.9 Å². The van der Waals surface area contributed by atoms with Gasteiger partial charge < -0.3 is 14.2 Å². The summed E-state index contributed by atoms with van der Waals surface area (Å²) in [6, 6.07) is 15.4. The molecule has 0 radical (unpaired) electrons. The molecule has 0 heterocycles. The lowest BCUT2D eigenvalue weighted by Gasteiger charge is -2.29. The number of unbranched alkanes of at least 4 members (excludes halogenated alkanes) is 2. The highest BCUT2D eigenvalue weighted by Crippen LogP contribution is 2.38. The quantitative estimate of drug-likeness (QED) is 0.119. The maximum absolute atomic E-state index is 11.7. The molecular formula is C35H48O5. The van der Waals surface area contributed by atoms with Crippen LogP contribution >= 0.6 is 0 Å². The molecular weight excluding hydrogens is 500 g/mol. The summed E-state index contributed by atoms with van der Waals surface area (Å²) in [6.07, 6.45) is 12.8. The summed E-state index contributed by atoms with van der Waals surface area (Å²) in [5.74, 6) is 1.77. The van der Waals surface area contributed by atoms with Gasteiger partial charge in [-0.05, 0) is 91.7 Å². The van der Waals surface area contributed by atoms with Crippen LogP contribution in [-0.2, 0) is 25.5 Å². The van der Waals surface area contributed by atoms with Crippen LogP contribution in [0.3, 0.4) is 0 Å². The van der Waals surface area contributed by atoms with Crippen molar-refractivity contribution in [1.29, 1.82) is 0 Å². The minimum absolute atomic E-state index is 0.282. The van der Waals surface area contributed by atoms with E-state index in [4.69, 9.17) is 14.2 Å². The number of hydrogen-bond acceptors (Lipinski definition) is 5. The van der Waals surface area contributed by atoms with Crippen molar-refractivity contribution in [2.24, 2.45) is 5.92 Å². The highest BCUT2D eigenvalue weighted by molar-refractivity contribution is 5.86. The van der Waals surface area contributed by atoms with Gasteiger partial charge in [0.05, 0.1) is 19.8 Å². The van der Waals surface area contributed by atoms with Gasteiger partial charge in [-0.2, -0.15) is 0 Å². The highest BCUT2D eigenvalue weighted by atomic mass is 16.5. The van der Waals surface area contributed by atoms with Gasteiger partial charge in [0, 0.05) is 18.9 Å². The van der Waals surface area contributed by atoms with Crippen LogP contribution in [0, 0.1) is 5.92 Å². The number of esters is 2. The largest absolute Gasteiger partial charge is 0.493 e. The molecule has 1 fully saturated rings. The molecule has 1 saturated carbocycles. The van der Waals surface area contributed by atoms with Crippen LogP contribution in [-0.4, -0.2) is 31.8 Å². The Morgan fingerprint density at radius 2 is 1.52 bits per heavy atom. The van der Waals surface area contributed by atoms with Crippen LogP contribution < -0.4 is 4.74 Å². The normalized spacial score (nSPS) is 16.8. The van der Waals surface area contributed by atoms with Gasteiger partial charge in [-0.1, -0.05) is 69.5 Å². The van der Waals surface area contributed by atoms with E-state index in [9.17, 15) is 9.59 Å². The number of carbonyl (C=O) groups excluding carboxylic acids is 2. The number of rotatable bonds is 16. The average molecular weight is 549 g/mol. The number of ether oxygens (including phenoxy) is 3. The summed E-state index contributed by atoms with van der Waals surface area (Å²) in [7, 11) is 0. The van der Waals surface area contributed by atoms with E-state index in [0.29, 0.717) is 44.2 Å². The molecule has 2 aromatic carbocycles. The Morgan fingerprint density at radius 3 is 2.20 bits per heavy atom. The molecule has 0 amide bonds. The van der Waals surface area contributed by atoms with Crippen LogP contribution in [0.1, 0.15) is 102 Å². The first-order chi connectivity index (χ1) is 19.4. The summed E-state index contributed by atoms with van der Waals surface area (Å²) in [5.41, 5.74) is 5.27. The molecule has 40 heavy (non-hydrogen) atoms. The number of hydrogen-bond donors (Lipinski definition) is 0. The SMILES string of the molecule is C=C(C)C(=O)OCCCc1cc(-c2ccc(C3CCC(CCCCC)CC3)cc2)ccc1OCCCOC(C)=O. The number of benzene rings is 2. The van der Waals surface area contributed by atoms with Crippen molar-refractivity contribution in [2.45, 2.75) is 97.3 Å². The fraction of sp³-hybridized carbons (Fsp3) is 0.543. The van der Waals surface area contributed by atoms with Crippen LogP contribution in [0.2, 0.25) is 0 Å². The molecule has 0 atom stereocenters. The monoisotopic (exact) mass is 548 g/mol. The Morgan fingerprint density at radius 1 is 0.825 bits per heavy atom. The van der Waals surface area contributed by atoms with E-state index in [0.717, 1.165) is 29.2 Å². The number of aryl methyl sites for hydroxylation is 1. The second-order valence-corrected chi connectivity index (χ2v) is 11.2. The fourth-order valence-electron chi connectivity index (χ4n) is 5.52. The predicted octanol–water partition coefficient (Wildman–Crippen LogP) is 8.59. The molecule has 5 heteroatoms. The summed E-state index contributed by atoms with van der Waals surface area (Å²) >= 11 is 0. The molecule has 5 nitrogen and oxygen atoms in total. The maximum Gasteiger partial charge on any atom is 0.333 e. The van der Waals surface area contributed by atoms with Crippen molar-refractivity contribution in [1.82, 2.24) is 0 Å². The smallest absolute Gasteiger partial charge is 0.333 e. The van der Waals surface area contributed by atoms with E-state index in [1.807, 2.05) is 6.07 Å². The lowest BCUT2D eigenvalue weighted by Crippen LogP contribution is -2.13. The molecule has 0 N–H and O–H groups in total. The summed E-state index contributed by atoms with van der Waals surface area (Å²) in [4.78, 5) is 22.7. The van der Waals surface area contributed by atoms with Crippen LogP contribution in [0.4, 0.5) is 0 Å². The standard InChI is InChI=1S/C35H48O5/c1-5-6-7-10-28-12-14-29(15-13-28)30-16-18-31(19-17-30)32-20-21-34(39-24-9-23-38-27(4)36)33(25-32)11-8-22-40-35(37)26(2)3/h16-21,25,28-29H,2,5-15,22-24H2,1,3-4H3. The van der Waals surface area contributed by atoms with Crippen molar-refractivity contribution in [3.8, 4) is 16.9 Å². The Kier molecular flexibility index (Phi) is 13.3. The summed E-state index contributed by atoms with van der Waals surface area (Å²) < 4.78 is 16.4. The molecule has 0 unspecified atom stereocenters. The Balaban J connectivity index is 1.62. The summed E-state index contributed by atoms with van der Waals surface area (Å²) in [5, 5.41) is 0. The molecule has 0 aromatic heterocycles. The van der Waals surface area contributed by atoms with Gasteiger partial charge in [0.1, 0.15) is 5.75 Å². The van der Waals surface area contributed by atoms with E-state index in [2.05, 4.69) is 49.9 Å². The topological polar surface area (TPSA) is 61.8 Å². The first-order valence-corrected chi connectivity index (χ1v) is 15.2. The van der Waals surface area contributed by atoms with Crippen LogP contribution in [0.25, 0.3) is 11.1 Å². The highest BCUT2D eigenvalue weighted by Gasteiger charge is 2.22. The lowest BCUT2D eigenvalue weighted by molar-refractivity contribution is -0.141. The second-order valence-electron chi connectivity index (χ2n) is 11.2. The molecule has 0 spiro atoms. The lowest BCUT2D eigenvalue weighted by atomic mass is 9.77. The van der Waals surface area contributed by atoms with Crippen molar-refractivity contribution < 1.29 is 23.8 Å². The van der Waals surface area contributed by atoms with Gasteiger partial charge in [0.25, 0.3) is 0 Å². The van der Waals surface area contributed by atoms with Crippen LogP contribution in [0.15, 0.2) is 54.6 Å². The first kappa shape index (κ1) is 31.4. The van der Waals surface area contributed by atoms with E-state index >= 15 is 0 Å². The molecule has 1 aliphatic rings. The Hall–Kier alpha value is -3.08. The zero-order valence-electron chi connectivity index (χ0n) is 24.8. The summed E-state index contributed by atoms with van der Waals surface area (Å²) in [6.45, 7) is 10.1. The van der Waals surface area contributed by atoms with E-state index in [1.54, 1.807) is 6.92 Å². The van der Waals surface area contributed by atoms with Gasteiger partial charge in [0.15, 0.2) is 0 Å². The van der Waals surface area contributed by atoms with Gasteiger partial charge in [-0.3, -0.25) is 4.79 Å². The van der Waals surface area contributed by atoms with Crippen molar-refractivity contribution in [2.75, 3.05) is 19.8 Å².